The van der Waals surface area contributed by atoms with E-state index in [-0.39, 0.29) is 6.10 Å². The Morgan fingerprint density at radius 3 is 2.38 bits per heavy atom. The number of anilines is 2. The third-order valence-corrected chi connectivity index (χ3v) is 5.04. The number of nitrogens with one attached hydrogen (secondary N) is 1. The number of benzene rings is 2. The Balaban J connectivity index is 0.00000121. The lowest BCUT2D eigenvalue weighted by Gasteiger charge is -2.28. The van der Waals surface area contributed by atoms with Crippen LogP contribution in [0.1, 0.15) is 25.3 Å². The molecule has 0 bridgehead atoms. The lowest BCUT2D eigenvalue weighted by Crippen LogP contribution is -2.32. The minimum absolute atomic E-state index is 0.387. The highest BCUT2D eigenvalue weighted by Gasteiger charge is 2.23. The molecule has 0 aliphatic carbocycles. The van der Waals surface area contributed by atoms with Crippen LogP contribution in [0.2, 0.25) is 0 Å². The average Bonchev–Trinajstić information content (AvgIpc) is 2.98. The van der Waals surface area contributed by atoms with Crippen molar-refractivity contribution in [1.29, 1.82) is 0 Å². The van der Waals surface area contributed by atoms with Crippen molar-refractivity contribution < 1.29 is 28.2 Å². The Kier molecular flexibility index (Phi) is 11.1. The summed E-state index contributed by atoms with van der Waals surface area (Å²) in [6.45, 7) is 11.6. The van der Waals surface area contributed by atoms with E-state index in [0.717, 1.165) is 42.8 Å². The number of nitrogens with zero attached hydrogens (tertiary/aromatic N) is 1. The average molecular weight is 449 g/mol. The third-order valence-electron chi connectivity index (χ3n) is 5.04. The van der Waals surface area contributed by atoms with Gasteiger partial charge in [0.05, 0.1) is 18.9 Å². The number of halogens is 2. The SMILES string of the molecule is C=C(Nc1ccc(F)c(F)c1)c1ccc(OC)c(N2CC(C)CCC(O)C2)c1.C=O.C=O. The molecular formula is C24H30F2N2O4. The van der Waals surface area contributed by atoms with Gasteiger partial charge >= 0.3 is 0 Å². The molecule has 2 atom stereocenters. The van der Waals surface area contributed by atoms with E-state index in [4.69, 9.17) is 14.3 Å². The van der Waals surface area contributed by atoms with Crippen LogP contribution in [0.25, 0.3) is 5.70 Å². The van der Waals surface area contributed by atoms with E-state index < -0.39 is 11.6 Å². The fourth-order valence-electron chi connectivity index (χ4n) is 3.51. The van der Waals surface area contributed by atoms with Gasteiger partial charge in [-0.2, -0.15) is 0 Å². The summed E-state index contributed by atoms with van der Waals surface area (Å²) in [6, 6.07) is 9.28. The van der Waals surface area contributed by atoms with Crippen LogP contribution in [0.4, 0.5) is 20.2 Å². The Bertz CT molecular complexity index is 880. The Labute approximate surface area is 187 Å². The summed E-state index contributed by atoms with van der Waals surface area (Å²) in [7, 11) is 1.62. The smallest absolute Gasteiger partial charge is 0.160 e. The van der Waals surface area contributed by atoms with Gasteiger partial charge in [-0.1, -0.05) is 13.5 Å². The van der Waals surface area contributed by atoms with Gasteiger partial charge in [-0.15, -0.1) is 0 Å². The lowest BCUT2D eigenvalue weighted by molar-refractivity contribution is -0.0987. The number of aliphatic hydroxyl groups is 1. The number of methoxy groups -OCH3 is 1. The van der Waals surface area contributed by atoms with Crippen LogP contribution in [0.3, 0.4) is 0 Å². The molecule has 2 N–H and O–H groups in total. The fraction of sp³-hybridized carbons (Fsp3) is 0.333. The molecule has 1 aliphatic rings. The summed E-state index contributed by atoms with van der Waals surface area (Å²) in [5.74, 6) is -0.641. The predicted molar refractivity (Wildman–Crippen MR) is 123 cm³/mol. The zero-order chi connectivity index (χ0) is 24.3. The lowest BCUT2D eigenvalue weighted by atomic mass is 10.1. The molecule has 1 heterocycles. The van der Waals surface area contributed by atoms with Crippen LogP contribution >= 0.6 is 0 Å². The van der Waals surface area contributed by atoms with Crippen molar-refractivity contribution in [2.45, 2.75) is 25.9 Å². The van der Waals surface area contributed by atoms with Gasteiger partial charge in [0.1, 0.15) is 19.3 Å². The topological polar surface area (TPSA) is 78.9 Å². The summed E-state index contributed by atoms with van der Waals surface area (Å²) in [5, 5.41) is 13.3. The van der Waals surface area contributed by atoms with Gasteiger partial charge in [-0.25, -0.2) is 8.78 Å². The molecule has 2 aromatic carbocycles. The molecule has 0 spiro atoms. The molecular weight excluding hydrogens is 418 g/mol. The molecule has 3 rings (SSSR count). The van der Waals surface area contributed by atoms with Crippen molar-refractivity contribution in [3.63, 3.8) is 0 Å². The predicted octanol–water partition coefficient (Wildman–Crippen LogP) is 4.28. The van der Waals surface area contributed by atoms with Gasteiger partial charge in [0.2, 0.25) is 0 Å². The highest BCUT2D eigenvalue weighted by molar-refractivity contribution is 5.78. The van der Waals surface area contributed by atoms with Gasteiger partial charge in [0.25, 0.3) is 0 Å². The van der Waals surface area contributed by atoms with Gasteiger partial charge in [0, 0.05) is 30.5 Å². The molecule has 0 radical (unpaired) electrons. The summed E-state index contributed by atoms with van der Waals surface area (Å²) in [5.41, 5.74) is 2.64. The minimum atomic E-state index is -0.916. The van der Waals surface area contributed by atoms with Crippen LogP contribution in [0, 0.1) is 17.6 Å². The number of hydrogen-bond donors (Lipinski definition) is 2. The number of aliphatic hydroxyl groups excluding tert-OH is 1. The normalized spacial score (nSPS) is 17.6. The fourth-order valence-corrected chi connectivity index (χ4v) is 3.51. The first-order valence-electron chi connectivity index (χ1n) is 9.97. The molecule has 8 heteroatoms. The zero-order valence-corrected chi connectivity index (χ0v) is 18.4. The summed E-state index contributed by atoms with van der Waals surface area (Å²) < 4.78 is 32.1. The molecule has 0 saturated carbocycles. The molecule has 174 valence electrons. The number of rotatable bonds is 5. The quantitative estimate of drug-likeness (QED) is 0.711. The molecule has 0 amide bonds. The second kappa shape index (κ2) is 13.2. The molecule has 1 saturated heterocycles. The molecule has 32 heavy (non-hydrogen) atoms. The van der Waals surface area contributed by atoms with E-state index in [1.165, 1.54) is 6.07 Å². The third kappa shape index (κ3) is 7.16. The van der Waals surface area contributed by atoms with Crippen molar-refractivity contribution in [2.75, 3.05) is 30.4 Å². The van der Waals surface area contributed by atoms with Crippen LogP contribution in [-0.4, -0.2) is 45.0 Å². The Morgan fingerprint density at radius 1 is 1.06 bits per heavy atom. The van der Waals surface area contributed by atoms with Gasteiger partial charge in [-0.05, 0) is 54.7 Å². The molecule has 0 aromatic heterocycles. The van der Waals surface area contributed by atoms with E-state index >= 15 is 0 Å². The zero-order valence-electron chi connectivity index (χ0n) is 18.4. The summed E-state index contributed by atoms with van der Waals surface area (Å²) in [6.07, 6.45) is 1.37. The van der Waals surface area contributed by atoms with Crippen molar-refractivity contribution in [3.05, 3.63) is 60.2 Å². The van der Waals surface area contributed by atoms with Crippen LogP contribution in [-0.2, 0) is 9.59 Å². The Hall–Kier alpha value is -3.26. The van der Waals surface area contributed by atoms with Crippen LogP contribution in [0.15, 0.2) is 43.0 Å². The number of hydrogen-bond acceptors (Lipinski definition) is 6. The van der Waals surface area contributed by atoms with Gasteiger partial charge in [-0.3, -0.25) is 0 Å². The number of ether oxygens (including phenoxy) is 1. The number of β-amino-alcohol motifs (C(OH)–C–C–N with tert-alkyl or cyclic N) is 1. The van der Waals surface area contributed by atoms with E-state index in [9.17, 15) is 13.9 Å². The summed E-state index contributed by atoms with van der Waals surface area (Å²) in [4.78, 5) is 18.1. The first-order chi connectivity index (χ1) is 15.4. The van der Waals surface area contributed by atoms with E-state index in [1.54, 1.807) is 7.11 Å². The second-order valence-electron chi connectivity index (χ2n) is 7.36. The number of carbonyl (C=O) groups is 2. The summed E-state index contributed by atoms with van der Waals surface area (Å²) >= 11 is 0. The standard InChI is InChI=1S/C22H26F2N2O2.2CH2O/c1-14-4-7-18(27)13-26(12-14)21-10-16(5-9-22(21)28-3)15(2)25-17-6-8-19(23)20(24)11-17;2*1-2/h5-6,8-11,14,18,25,27H,2,4,7,12-13H2,1,3H3;2*1H2. The van der Waals surface area contributed by atoms with E-state index in [0.29, 0.717) is 29.6 Å². The van der Waals surface area contributed by atoms with Crippen molar-refractivity contribution in [1.82, 2.24) is 0 Å². The largest absolute Gasteiger partial charge is 0.495 e. The first-order valence-corrected chi connectivity index (χ1v) is 9.97. The van der Waals surface area contributed by atoms with E-state index in [1.807, 2.05) is 31.8 Å². The van der Waals surface area contributed by atoms with Crippen molar-refractivity contribution in [2.24, 2.45) is 5.92 Å². The maximum absolute atomic E-state index is 13.5. The Morgan fingerprint density at radius 2 is 1.75 bits per heavy atom. The molecule has 2 aromatic rings. The minimum Gasteiger partial charge on any atom is -0.495 e. The molecule has 2 unspecified atom stereocenters. The molecule has 6 nitrogen and oxygen atoms in total. The monoisotopic (exact) mass is 448 g/mol. The highest BCUT2D eigenvalue weighted by atomic mass is 19.2. The molecule has 1 aliphatic heterocycles. The van der Waals surface area contributed by atoms with Gasteiger partial charge in [0.15, 0.2) is 11.6 Å². The maximum atomic E-state index is 13.5. The molecule has 1 fully saturated rings. The maximum Gasteiger partial charge on any atom is 0.160 e. The van der Waals surface area contributed by atoms with Crippen LogP contribution < -0.4 is 15.0 Å². The van der Waals surface area contributed by atoms with Gasteiger partial charge < -0.3 is 29.6 Å². The highest BCUT2D eigenvalue weighted by Crippen LogP contribution is 2.34. The van der Waals surface area contributed by atoms with Crippen LogP contribution in [0.5, 0.6) is 5.75 Å². The van der Waals surface area contributed by atoms with E-state index in [2.05, 4.69) is 23.7 Å². The number of carbonyl (C=O) groups excluding carboxylic acids is 2. The van der Waals surface area contributed by atoms with Crippen molar-refractivity contribution >= 4 is 30.6 Å². The van der Waals surface area contributed by atoms with Crippen molar-refractivity contribution in [3.8, 4) is 5.75 Å². The first kappa shape index (κ1) is 26.8. The second-order valence-corrected chi connectivity index (χ2v) is 7.36.